The standard InChI is InChI=1S/C26H26O8/c1-29-21-12-18(13-22(30-2)25(21)31-3)24(27)23(17-9-10-19-20(11-17)34-15-33-19)26(28)32-14-16-7-5-4-6-8-16/h4-13,23-24,27H,14-15H2,1-3H3. The third kappa shape index (κ3) is 4.72. The van der Waals surface area contributed by atoms with Crippen LogP contribution in [-0.4, -0.2) is 39.2 Å². The highest BCUT2D eigenvalue weighted by atomic mass is 16.7. The molecule has 0 bridgehead atoms. The van der Waals surface area contributed by atoms with E-state index in [1.54, 1.807) is 30.3 Å². The molecular formula is C26H26O8. The second-order valence-electron chi connectivity index (χ2n) is 7.59. The molecule has 1 heterocycles. The molecule has 4 rings (SSSR count). The van der Waals surface area contributed by atoms with Crippen molar-refractivity contribution >= 4 is 5.97 Å². The van der Waals surface area contributed by atoms with Gasteiger partial charge in [-0.1, -0.05) is 36.4 Å². The Labute approximate surface area is 197 Å². The van der Waals surface area contributed by atoms with Crippen molar-refractivity contribution in [2.75, 3.05) is 28.1 Å². The third-order valence-corrected chi connectivity index (χ3v) is 5.58. The number of hydrogen-bond donors (Lipinski definition) is 1. The fourth-order valence-electron chi connectivity index (χ4n) is 3.84. The van der Waals surface area contributed by atoms with Crippen molar-refractivity contribution < 1.29 is 38.3 Å². The van der Waals surface area contributed by atoms with Crippen LogP contribution in [0.25, 0.3) is 0 Å². The zero-order valence-electron chi connectivity index (χ0n) is 19.1. The molecule has 0 radical (unpaired) electrons. The number of carbonyl (C=O) groups is 1. The number of carbonyl (C=O) groups excluding carboxylic acids is 1. The number of methoxy groups -OCH3 is 3. The second kappa shape index (κ2) is 10.4. The molecule has 1 aliphatic rings. The van der Waals surface area contributed by atoms with Crippen molar-refractivity contribution in [1.82, 2.24) is 0 Å². The SMILES string of the molecule is COc1cc(C(O)C(C(=O)OCc2ccccc2)c2ccc3c(c2)OCO3)cc(OC)c1OC. The van der Waals surface area contributed by atoms with Crippen molar-refractivity contribution in [3.8, 4) is 28.7 Å². The summed E-state index contributed by atoms with van der Waals surface area (Å²) < 4.78 is 32.7. The van der Waals surface area contributed by atoms with Gasteiger partial charge in [0.05, 0.1) is 27.4 Å². The zero-order chi connectivity index (χ0) is 24.1. The van der Waals surface area contributed by atoms with Crippen LogP contribution < -0.4 is 23.7 Å². The molecule has 2 unspecified atom stereocenters. The number of rotatable bonds is 9. The van der Waals surface area contributed by atoms with Crippen LogP contribution in [0.4, 0.5) is 0 Å². The zero-order valence-corrected chi connectivity index (χ0v) is 19.1. The second-order valence-corrected chi connectivity index (χ2v) is 7.59. The first-order valence-electron chi connectivity index (χ1n) is 10.6. The Balaban J connectivity index is 1.70. The summed E-state index contributed by atoms with van der Waals surface area (Å²) in [5.74, 6) is 0.520. The lowest BCUT2D eigenvalue weighted by molar-refractivity contribution is -0.149. The number of aliphatic hydroxyl groups excluding tert-OH is 1. The van der Waals surface area contributed by atoms with E-state index in [2.05, 4.69) is 0 Å². The van der Waals surface area contributed by atoms with Gasteiger partial charge < -0.3 is 33.5 Å². The Hall–Kier alpha value is -3.91. The van der Waals surface area contributed by atoms with E-state index in [1.165, 1.54) is 21.3 Å². The lowest BCUT2D eigenvalue weighted by Crippen LogP contribution is -2.23. The molecule has 178 valence electrons. The Morgan fingerprint density at radius 1 is 0.882 bits per heavy atom. The van der Waals surface area contributed by atoms with E-state index in [9.17, 15) is 9.90 Å². The van der Waals surface area contributed by atoms with Gasteiger partial charge in [0.25, 0.3) is 0 Å². The summed E-state index contributed by atoms with van der Waals surface area (Å²) in [4.78, 5) is 13.3. The highest BCUT2D eigenvalue weighted by molar-refractivity contribution is 5.80. The highest BCUT2D eigenvalue weighted by Gasteiger charge is 2.34. The van der Waals surface area contributed by atoms with E-state index >= 15 is 0 Å². The average molecular weight is 466 g/mol. The quantitative estimate of drug-likeness (QED) is 0.473. The fraction of sp³-hybridized carbons (Fsp3) is 0.269. The smallest absolute Gasteiger partial charge is 0.316 e. The first-order valence-corrected chi connectivity index (χ1v) is 10.6. The maximum absolute atomic E-state index is 13.3. The first kappa shape index (κ1) is 23.3. The molecule has 0 spiro atoms. The molecule has 3 aromatic carbocycles. The minimum atomic E-state index is -1.28. The van der Waals surface area contributed by atoms with Gasteiger partial charge in [0.1, 0.15) is 12.5 Å². The maximum atomic E-state index is 13.3. The van der Waals surface area contributed by atoms with Gasteiger partial charge >= 0.3 is 5.97 Å². The van der Waals surface area contributed by atoms with Gasteiger partial charge in [0, 0.05) is 0 Å². The summed E-state index contributed by atoms with van der Waals surface area (Å²) in [6.07, 6.45) is -1.28. The molecule has 0 fully saturated rings. The van der Waals surface area contributed by atoms with Crippen LogP contribution in [0.5, 0.6) is 28.7 Å². The summed E-state index contributed by atoms with van der Waals surface area (Å²) in [6.45, 7) is 0.167. The van der Waals surface area contributed by atoms with Gasteiger partial charge in [-0.05, 0) is 41.0 Å². The molecule has 8 nitrogen and oxygen atoms in total. The van der Waals surface area contributed by atoms with E-state index in [0.717, 1.165) is 5.56 Å². The molecule has 2 atom stereocenters. The minimum Gasteiger partial charge on any atom is -0.493 e. The normalized spacial score (nSPS) is 13.6. The highest BCUT2D eigenvalue weighted by Crippen LogP contribution is 2.44. The summed E-state index contributed by atoms with van der Waals surface area (Å²) in [6, 6.07) is 17.6. The van der Waals surface area contributed by atoms with E-state index in [-0.39, 0.29) is 13.4 Å². The fourth-order valence-corrected chi connectivity index (χ4v) is 3.84. The van der Waals surface area contributed by atoms with Crippen LogP contribution in [0.15, 0.2) is 60.7 Å². The van der Waals surface area contributed by atoms with Gasteiger partial charge in [-0.25, -0.2) is 0 Å². The maximum Gasteiger partial charge on any atom is 0.316 e. The van der Waals surface area contributed by atoms with Crippen LogP contribution in [0.3, 0.4) is 0 Å². The van der Waals surface area contributed by atoms with Gasteiger partial charge in [0.15, 0.2) is 23.0 Å². The summed E-state index contributed by atoms with van der Waals surface area (Å²) in [5, 5.41) is 11.4. The molecule has 0 amide bonds. The number of hydrogen-bond acceptors (Lipinski definition) is 8. The Bertz CT molecular complexity index is 1120. The number of fused-ring (bicyclic) bond motifs is 1. The van der Waals surface area contributed by atoms with Crippen LogP contribution in [0, 0.1) is 0 Å². The molecule has 0 saturated heterocycles. The molecule has 8 heteroatoms. The number of benzene rings is 3. The van der Waals surface area contributed by atoms with Crippen molar-refractivity contribution in [3.05, 3.63) is 77.4 Å². The van der Waals surface area contributed by atoms with E-state index in [0.29, 0.717) is 39.9 Å². The Morgan fingerprint density at radius 3 is 2.21 bits per heavy atom. The van der Waals surface area contributed by atoms with Crippen LogP contribution in [0.2, 0.25) is 0 Å². The number of aliphatic hydroxyl groups is 1. The third-order valence-electron chi connectivity index (χ3n) is 5.58. The van der Waals surface area contributed by atoms with Crippen molar-refractivity contribution in [2.45, 2.75) is 18.6 Å². The predicted molar refractivity (Wildman–Crippen MR) is 123 cm³/mol. The van der Waals surface area contributed by atoms with Crippen LogP contribution >= 0.6 is 0 Å². The molecule has 3 aromatic rings. The molecule has 0 saturated carbocycles. The molecule has 1 aliphatic heterocycles. The Morgan fingerprint density at radius 2 is 1.56 bits per heavy atom. The summed E-state index contributed by atoms with van der Waals surface area (Å²) in [5.41, 5.74) is 1.75. The lowest BCUT2D eigenvalue weighted by atomic mass is 9.88. The molecule has 0 aliphatic carbocycles. The summed E-state index contributed by atoms with van der Waals surface area (Å²) in [7, 11) is 4.46. The van der Waals surface area contributed by atoms with Crippen LogP contribution in [0.1, 0.15) is 28.7 Å². The topological polar surface area (TPSA) is 92.7 Å². The van der Waals surface area contributed by atoms with Crippen molar-refractivity contribution in [3.63, 3.8) is 0 Å². The lowest BCUT2D eigenvalue weighted by Gasteiger charge is -2.24. The van der Waals surface area contributed by atoms with E-state index < -0.39 is 18.0 Å². The monoisotopic (exact) mass is 466 g/mol. The average Bonchev–Trinajstić information content (AvgIpc) is 3.35. The molecule has 0 aromatic heterocycles. The Kier molecular flexibility index (Phi) is 7.08. The van der Waals surface area contributed by atoms with Crippen molar-refractivity contribution in [2.24, 2.45) is 0 Å². The minimum absolute atomic E-state index is 0.0721. The van der Waals surface area contributed by atoms with Gasteiger partial charge in [-0.2, -0.15) is 0 Å². The number of ether oxygens (including phenoxy) is 6. The first-order chi connectivity index (χ1) is 16.5. The number of esters is 1. The van der Waals surface area contributed by atoms with Crippen molar-refractivity contribution in [1.29, 1.82) is 0 Å². The van der Waals surface area contributed by atoms with E-state index in [1.807, 2.05) is 30.3 Å². The van der Waals surface area contributed by atoms with Crippen LogP contribution in [-0.2, 0) is 16.1 Å². The van der Waals surface area contributed by atoms with Gasteiger partial charge in [0.2, 0.25) is 12.5 Å². The van der Waals surface area contributed by atoms with Gasteiger partial charge in [-0.3, -0.25) is 4.79 Å². The predicted octanol–water partition coefficient (Wildman–Crippen LogP) is 4.00. The molecular weight excluding hydrogens is 440 g/mol. The molecule has 1 N–H and O–H groups in total. The van der Waals surface area contributed by atoms with E-state index in [4.69, 9.17) is 28.4 Å². The summed E-state index contributed by atoms with van der Waals surface area (Å²) >= 11 is 0. The van der Waals surface area contributed by atoms with Gasteiger partial charge in [-0.15, -0.1) is 0 Å². The molecule has 34 heavy (non-hydrogen) atoms. The largest absolute Gasteiger partial charge is 0.493 e.